The smallest absolute Gasteiger partial charge is 0.327 e. The van der Waals surface area contributed by atoms with Crippen LogP contribution in [-0.4, -0.2) is 43.7 Å². The highest BCUT2D eigenvalue weighted by Gasteiger charge is 2.25. The van der Waals surface area contributed by atoms with E-state index >= 15 is 0 Å². The van der Waals surface area contributed by atoms with Crippen molar-refractivity contribution in [2.24, 2.45) is 5.73 Å². The van der Waals surface area contributed by atoms with E-state index in [4.69, 9.17) is 10.5 Å². The number of phenols is 1. The third kappa shape index (κ3) is 2.72. The summed E-state index contributed by atoms with van der Waals surface area (Å²) in [6.07, 6.45) is 1.34. The third-order valence-corrected chi connectivity index (χ3v) is 4.46. The number of nitrogens with zero attached hydrogens (tertiary/aromatic N) is 3. The van der Waals surface area contributed by atoms with Crippen LogP contribution in [-0.2, 0) is 4.74 Å². The average molecular weight is 355 g/mol. The Hall–Kier alpha value is -3.20. The molecule has 26 heavy (non-hydrogen) atoms. The van der Waals surface area contributed by atoms with E-state index in [0.717, 1.165) is 0 Å². The third-order valence-electron chi connectivity index (χ3n) is 4.46. The molecule has 1 aliphatic rings. The lowest BCUT2D eigenvalue weighted by atomic mass is 10.1. The van der Waals surface area contributed by atoms with Crippen LogP contribution < -0.4 is 11.4 Å². The highest BCUT2D eigenvalue weighted by Crippen LogP contribution is 2.26. The molecule has 4 N–H and O–H groups in total. The number of primary amides is 1. The van der Waals surface area contributed by atoms with E-state index in [1.165, 1.54) is 16.7 Å². The number of H-pyrrole nitrogens is 1. The Morgan fingerprint density at radius 3 is 2.77 bits per heavy atom. The van der Waals surface area contributed by atoms with E-state index in [9.17, 15) is 14.7 Å². The number of fused-ring (bicyclic) bond motifs is 1. The summed E-state index contributed by atoms with van der Waals surface area (Å²) in [5.41, 5.74) is 6.10. The monoisotopic (exact) mass is 355 g/mol. The predicted molar refractivity (Wildman–Crippen MR) is 92.9 cm³/mol. The summed E-state index contributed by atoms with van der Waals surface area (Å²) in [5, 5.41) is 9.71. The van der Waals surface area contributed by atoms with Gasteiger partial charge in [0.2, 0.25) is 0 Å². The summed E-state index contributed by atoms with van der Waals surface area (Å²) in [5.74, 6) is -0.510. The number of rotatable bonds is 3. The Kier molecular flexibility index (Phi) is 3.92. The zero-order valence-corrected chi connectivity index (χ0v) is 13.8. The van der Waals surface area contributed by atoms with Crippen LogP contribution in [0.3, 0.4) is 0 Å². The number of ether oxygens (including phenoxy) is 1. The second kappa shape index (κ2) is 6.26. The molecule has 4 rings (SSSR count). The van der Waals surface area contributed by atoms with Crippen molar-refractivity contribution in [3.05, 3.63) is 40.4 Å². The summed E-state index contributed by atoms with van der Waals surface area (Å²) in [7, 11) is 0. The summed E-state index contributed by atoms with van der Waals surface area (Å²) in [4.78, 5) is 35.8. The fourth-order valence-electron chi connectivity index (χ4n) is 3.24. The molecule has 1 amide bonds. The van der Waals surface area contributed by atoms with Gasteiger partial charge in [0, 0.05) is 24.8 Å². The van der Waals surface area contributed by atoms with E-state index in [0.29, 0.717) is 37.3 Å². The molecule has 1 saturated heterocycles. The summed E-state index contributed by atoms with van der Waals surface area (Å²) in [6.45, 7) is 1.11. The molecule has 0 unspecified atom stereocenters. The van der Waals surface area contributed by atoms with Crippen LogP contribution in [0.25, 0.3) is 22.6 Å². The number of nitrogens with one attached hydrogen (secondary N) is 1. The molecule has 0 atom stereocenters. The van der Waals surface area contributed by atoms with Gasteiger partial charge in [0.15, 0.2) is 17.2 Å². The fraction of sp³-hybridized carbons (Fsp3) is 0.294. The number of nitrogens with two attached hydrogens (primary N) is 1. The molecule has 3 aromatic rings. The Bertz CT molecular complexity index is 1050. The van der Waals surface area contributed by atoms with E-state index < -0.39 is 5.91 Å². The van der Waals surface area contributed by atoms with Crippen molar-refractivity contribution in [1.29, 1.82) is 0 Å². The lowest BCUT2D eigenvalue weighted by molar-refractivity contribution is 0.0697. The van der Waals surface area contributed by atoms with Crippen LogP contribution in [0.15, 0.2) is 29.1 Å². The molecule has 9 nitrogen and oxygen atoms in total. The number of carbonyl (C=O) groups excluding carboxylic acids is 1. The first kappa shape index (κ1) is 16.3. The van der Waals surface area contributed by atoms with Crippen molar-refractivity contribution in [2.45, 2.75) is 18.9 Å². The van der Waals surface area contributed by atoms with Gasteiger partial charge in [-0.15, -0.1) is 0 Å². The Morgan fingerprint density at radius 2 is 2.08 bits per heavy atom. The minimum Gasteiger partial charge on any atom is -0.508 e. The molecule has 1 aromatic carbocycles. The average Bonchev–Trinajstić information content (AvgIpc) is 2.97. The van der Waals surface area contributed by atoms with Gasteiger partial charge < -0.3 is 20.6 Å². The molecule has 0 bridgehead atoms. The van der Waals surface area contributed by atoms with Crippen molar-refractivity contribution in [3.8, 4) is 17.1 Å². The van der Waals surface area contributed by atoms with Gasteiger partial charge in [0.05, 0.1) is 0 Å². The van der Waals surface area contributed by atoms with Crippen molar-refractivity contribution < 1.29 is 14.6 Å². The molecule has 0 aliphatic carbocycles. The minimum atomic E-state index is -0.765. The van der Waals surface area contributed by atoms with E-state index in [2.05, 4.69) is 15.0 Å². The molecular weight excluding hydrogens is 338 g/mol. The van der Waals surface area contributed by atoms with Gasteiger partial charge in [0.1, 0.15) is 11.3 Å². The van der Waals surface area contributed by atoms with Crippen LogP contribution in [0.4, 0.5) is 0 Å². The maximum absolute atomic E-state index is 12.5. The zero-order chi connectivity index (χ0) is 18.3. The highest BCUT2D eigenvalue weighted by molar-refractivity contribution is 6.01. The highest BCUT2D eigenvalue weighted by atomic mass is 16.5. The summed E-state index contributed by atoms with van der Waals surface area (Å²) >= 11 is 0. The topological polar surface area (TPSA) is 136 Å². The van der Waals surface area contributed by atoms with Crippen LogP contribution >= 0.6 is 0 Å². The number of aromatic amines is 1. The molecule has 1 aliphatic heterocycles. The Balaban J connectivity index is 1.98. The van der Waals surface area contributed by atoms with E-state index in [-0.39, 0.29) is 34.5 Å². The van der Waals surface area contributed by atoms with Crippen molar-refractivity contribution in [3.63, 3.8) is 0 Å². The van der Waals surface area contributed by atoms with Crippen molar-refractivity contribution in [2.75, 3.05) is 13.2 Å². The standard InChI is InChI=1S/C17H17N5O4/c18-14(24)12-13-16(21-15(19-12)9-2-1-3-11(23)8-9)22(17(25)20-13)10-4-6-26-7-5-10/h1-3,8,10,23H,4-7H2,(H2,18,24)(H,20,25). The SMILES string of the molecule is NC(=O)c1nc(-c2cccc(O)c2)nc2c1[nH]c(=O)n2C1CCOCC1. The second-order valence-corrected chi connectivity index (χ2v) is 6.15. The molecular formula is C17H17N5O4. The van der Waals surface area contributed by atoms with Gasteiger partial charge in [-0.25, -0.2) is 14.8 Å². The van der Waals surface area contributed by atoms with Gasteiger partial charge >= 0.3 is 5.69 Å². The van der Waals surface area contributed by atoms with Crippen LogP contribution in [0, 0.1) is 0 Å². The number of carbonyl (C=O) groups is 1. The maximum Gasteiger partial charge on any atom is 0.327 e. The maximum atomic E-state index is 12.5. The first-order chi connectivity index (χ1) is 12.5. The van der Waals surface area contributed by atoms with Crippen molar-refractivity contribution >= 4 is 17.1 Å². The number of benzene rings is 1. The number of phenolic OH excluding ortho intramolecular Hbond substituents is 1. The molecule has 3 heterocycles. The largest absolute Gasteiger partial charge is 0.508 e. The number of hydrogen-bond donors (Lipinski definition) is 3. The van der Waals surface area contributed by atoms with E-state index in [1.54, 1.807) is 12.1 Å². The lowest BCUT2D eigenvalue weighted by Gasteiger charge is -2.22. The number of aromatic nitrogens is 4. The van der Waals surface area contributed by atoms with Crippen LogP contribution in [0.2, 0.25) is 0 Å². The summed E-state index contributed by atoms with van der Waals surface area (Å²) < 4.78 is 6.90. The fourth-order valence-corrected chi connectivity index (χ4v) is 3.24. The number of hydrogen-bond acceptors (Lipinski definition) is 6. The molecule has 0 spiro atoms. The molecule has 9 heteroatoms. The van der Waals surface area contributed by atoms with Crippen molar-refractivity contribution in [1.82, 2.24) is 19.5 Å². The predicted octanol–water partition coefficient (Wildman–Crippen LogP) is 0.943. The molecule has 0 saturated carbocycles. The Morgan fingerprint density at radius 1 is 1.31 bits per heavy atom. The minimum absolute atomic E-state index is 0.0442. The molecule has 134 valence electrons. The van der Waals surface area contributed by atoms with E-state index in [1.807, 2.05) is 0 Å². The second-order valence-electron chi connectivity index (χ2n) is 6.15. The first-order valence-electron chi connectivity index (χ1n) is 8.24. The quantitative estimate of drug-likeness (QED) is 0.640. The van der Waals surface area contributed by atoms with Gasteiger partial charge in [0.25, 0.3) is 5.91 Å². The van der Waals surface area contributed by atoms with Gasteiger partial charge in [-0.05, 0) is 25.0 Å². The number of aromatic hydroxyl groups is 1. The van der Waals surface area contributed by atoms with Gasteiger partial charge in [-0.3, -0.25) is 9.36 Å². The Labute approximate surface area is 147 Å². The number of imidazole rings is 1. The van der Waals surface area contributed by atoms with Gasteiger partial charge in [-0.2, -0.15) is 0 Å². The van der Waals surface area contributed by atoms with Crippen LogP contribution in [0.5, 0.6) is 5.75 Å². The first-order valence-corrected chi connectivity index (χ1v) is 8.24. The number of amides is 1. The van der Waals surface area contributed by atoms with Gasteiger partial charge in [-0.1, -0.05) is 12.1 Å². The zero-order valence-electron chi connectivity index (χ0n) is 13.8. The van der Waals surface area contributed by atoms with Crippen LogP contribution in [0.1, 0.15) is 29.4 Å². The molecule has 1 fully saturated rings. The normalized spacial score (nSPS) is 15.4. The molecule has 2 aromatic heterocycles. The summed E-state index contributed by atoms with van der Waals surface area (Å²) in [6, 6.07) is 6.26. The lowest BCUT2D eigenvalue weighted by Crippen LogP contribution is -2.27. The molecule has 0 radical (unpaired) electrons.